The lowest BCUT2D eigenvalue weighted by molar-refractivity contribution is -0.149. The molecule has 0 saturated carbocycles. The molecule has 0 aliphatic carbocycles. The first-order valence-corrected chi connectivity index (χ1v) is 13.9. The number of ether oxygens (including phenoxy) is 1. The quantitative estimate of drug-likeness (QED) is 0.283. The second-order valence-electron chi connectivity index (χ2n) is 10.5. The van der Waals surface area contributed by atoms with Crippen LogP contribution in [0.4, 0.5) is 11.4 Å². The lowest BCUT2D eigenvalue weighted by Gasteiger charge is -2.37. The van der Waals surface area contributed by atoms with Crippen LogP contribution in [0.1, 0.15) is 52.4 Å². The summed E-state index contributed by atoms with van der Waals surface area (Å²) in [5.41, 5.74) is 0.627. The van der Waals surface area contributed by atoms with E-state index in [0.29, 0.717) is 37.9 Å². The first-order chi connectivity index (χ1) is 18.3. The minimum Gasteiger partial charge on any atom is -0.481 e. The van der Waals surface area contributed by atoms with E-state index in [1.54, 1.807) is 15.9 Å². The van der Waals surface area contributed by atoms with Crippen molar-refractivity contribution >= 4 is 29.2 Å². The highest BCUT2D eigenvalue weighted by Crippen LogP contribution is 2.58. The third kappa shape index (κ3) is 4.82. The van der Waals surface area contributed by atoms with Gasteiger partial charge in [0.15, 0.2) is 0 Å². The number of aliphatic hydroxyl groups is 1. The number of nitrogens with zero attached hydrogens (tertiary/aromatic N) is 3. The number of unbranched alkanes of at least 4 members (excludes halogenated alkanes) is 3. The van der Waals surface area contributed by atoms with Gasteiger partial charge in [0.05, 0.1) is 17.9 Å². The molecule has 3 aliphatic heterocycles. The molecule has 5 atom stereocenters. The second-order valence-corrected chi connectivity index (χ2v) is 10.5. The van der Waals surface area contributed by atoms with E-state index in [-0.39, 0.29) is 25.0 Å². The Balaban J connectivity index is 1.67. The number of hydrogen-bond acceptors (Lipinski definition) is 6. The summed E-state index contributed by atoms with van der Waals surface area (Å²) in [5.74, 6) is -3.40. The molecule has 38 heavy (non-hydrogen) atoms. The van der Waals surface area contributed by atoms with E-state index in [9.17, 15) is 19.5 Å². The Bertz CT molecular complexity index is 1030. The van der Waals surface area contributed by atoms with Crippen molar-refractivity contribution in [2.45, 2.75) is 70.1 Å². The van der Waals surface area contributed by atoms with Crippen molar-refractivity contribution in [1.82, 2.24) is 4.90 Å². The summed E-state index contributed by atoms with van der Waals surface area (Å²) in [7, 11) is 0. The molecule has 2 N–H and O–H groups in total. The van der Waals surface area contributed by atoms with Gasteiger partial charge in [-0.2, -0.15) is 0 Å². The highest BCUT2D eigenvalue weighted by atomic mass is 16.5. The third-order valence-electron chi connectivity index (χ3n) is 8.49. The van der Waals surface area contributed by atoms with Gasteiger partial charge in [0, 0.05) is 44.2 Å². The van der Waals surface area contributed by atoms with E-state index in [1.165, 1.54) is 0 Å². The maximum atomic E-state index is 14.4. The number of carbonyl (C=O) groups is 3. The minimum atomic E-state index is -1.13. The third-order valence-corrected chi connectivity index (χ3v) is 8.49. The van der Waals surface area contributed by atoms with Gasteiger partial charge in [-0.3, -0.25) is 14.4 Å². The predicted molar refractivity (Wildman–Crippen MR) is 145 cm³/mol. The van der Waals surface area contributed by atoms with Crippen LogP contribution in [-0.4, -0.2) is 83.4 Å². The zero-order valence-electron chi connectivity index (χ0n) is 22.6. The molecule has 3 saturated heterocycles. The number of amides is 2. The topological polar surface area (TPSA) is 111 Å². The summed E-state index contributed by atoms with van der Waals surface area (Å²) in [5, 5.41) is 19.1. The maximum Gasteiger partial charge on any atom is 0.310 e. The molecule has 9 heteroatoms. The largest absolute Gasteiger partial charge is 0.481 e. The van der Waals surface area contributed by atoms with Crippen molar-refractivity contribution in [1.29, 1.82) is 0 Å². The Labute approximate surface area is 225 Å². The van der Waals surface area contributed by atoms with Crippen LogP contribution >= 0.6 is 0 Å². The summed E-state index contributed by atoms with van der Waals surface area (Å²) in [6, 6.07) is 6.91. The van der Waals surface area contributed by atoms with Gasteiger partial charge in [-0.1, -0.05) is 18.9 Å². The lowest BCUT2D eigenvalue weighted by Crippen LogP contribution is -2.56. The molecule has 2 bridgehead atoms. The summed E-state index contributed by atoms with van der Waals surface area (Å²) >= 11 is 0. The van der Waals surface area contributed by atoms with Gasteiger partial charge in [-0.15, -0.1) is 6.58 Å². The highest BCUT2D eigenvalue weighted by Gasteiger charge is 2.74. The van der Waals surface area contributed by atoms with E-state index in [4.69, 9.17) is 9.84 Å². The number of rotatable bonds is 14. The van der Waals surface area contributed by atoms with Crippen molar-refractivity contribution < 1.29 is 29.3 Å². The molecule has 1 aromatic carbocycles. The normalized spacial score (nSPS) is 27.4. The van der Waals surface area contributed by atoms with Crippen LogP contribution in [0.3, 0.4) is 0 Å². The van der Waals surface area contributed by atoms with E-state index in [2.05, 4.69) is 25.3 Å². The first-order valence-electron chi connectivity index (χ1n) is 13.9. The number of carboxylic acid groups (broad SMARTS) is 1. The zero-order chi connectivity index (χ0) is 27.4. The van der Waals surface area contributed by atoms with Crippen molar-refractivity contribution in [2.75, 3.05) is 42.6 Å². The summed E-state index contributed by atoms with van der Waals surface area (Å²) in [6.45, 7) is 10.5. The van der Waals surface area contributed by atoms with Crippen LogP contribution in [0.15, 0.2) is 36.9 Å². The number of anilines is 2. The minimum absolute atomic E-state index is 0.119. The number of aliphatic carboxylic acids is 1. The number of aliphatic hydroxyl groups excluding tert-OH is 1. The number of carboxylic acids is 1. The van der Waals surface area contributed by atoms with E-state index in [1.807, 2.05) is 24.3 Å². The van der Waals surface area contributed by atoms with Gasteiger partial charge >= 0.3 is 5.97 Å². The van der Waals surface area contributed by atoms with Crippen molar-refractivity contribution in [3.63, 3.8) is 0 Å². The van der Waals surface area contributed by atoms with Crippen molar-refractivity contribution in [3.05, 3.63) is 36.9 Å². The molecule has 3 aliphatic rings. The Kier molecular flexibility index (Phi) is 8.78. The number of hydrogen-bond donors (Lipinski definition) is 2. The maximum absolute atomic E-state index is 14.4. The van der Waals surface area contributed by atoms with Crippen LogP contribution in [0.25, 0.3) is 0 Å². The van der Waals surface area contributed by atoms with Gasteiger partial charge in [-0.25, -0.2) is 0 Å². The average molecular weight is 528 g/mol. The highest BCUT2D eigenvalue weighted by molar-refractivity contribution is 6.04. The molecule has 1 aromatic rings. The molecule has 9 nitrogen and oxygen atoms in total. The monoisotopic (exact) mass is 527 g/mol. The summed E-state index contributed by atoms with van der Waals surface area (Å²) in [4.78, 5) is 45.8. The summed E-state index contributed by atoms with van der Waals surface area (Å²) < 4.78 is 6.32. The number of fused-ring (bicyclic) bond motifs is 1. The molecule has 208 valence electrons. The molecule has 0 aromatic heterocycles. The fourth-order valence-electron chi connectivity index (χ4n) is 6.73. The van der Waals surface area contributed by atoms with Crippen LogP contribution in [-0.2, 0) is 19.1 Å². The number of carbonyl (C=O) groups excluding carboxylic acids is 2. The van der Waals surface area contributed by atoms with E-state index < -0.39 is 35.6 Å². The van der Waals surface area contributed by atoms with Gasteiger partial charge < -0.3 is 29.6 Å². The first kappa shape index (κ1) is 28.1. The standard InChI is InChI=1S/C29H41N3O6/c1-4-17-31(21-13-11-20(12-14-21)30(5-2)6-3)27(35)25-29-16-15-22(38-29)23(28(36)37)24(29)26(34)32(25)18-9-7-8-10-19-33/h4,11-14,22-25,33H,1,5-10,15-19H2,2-3H3,(H,36,37)/t22-,23+,24+,25-,29+/m1/s1. The molecule has 3 heterocycles. The van der Waals surface area contributed by atoms with Crippen LogP contribution in [0.5, 0.6) is 0 Å². The van der Waals surface area contributed by atoms with Gasteiger partial charge in [0.1, 0.15) is 11.6 Å². The smallest absolute Gasteiger partial charge is 0.310 e. The molecule has 0 radical (unpaired) electrons. The van der Waals surface area contributed by atoms with Crippen LogP contribution in [0, 0.1) is 11.8 Å². The van der Waals surface area contributed by atoms with Crippen LogP contribution < -0.4 is 9.80 Å². The van der Waals surface area contributed by atoms with Crippen molar-refractivity contribution in [2.24, 2.45) is 11.8 Å². The second kappa shape index (κ2) is 11.9. The summed E-state index contributed by atoms with van der Waals surface area (Å²) in [6.07, 6.45) is 5.10. The molecular formula is C29H41N3O6. The molecule has 4 rings (SSSR count). The fraction of sp³-hybridized carbons (Fsp3) is 0.621. The Hall–Kier alpha value is -2.91. The van der Waals surface area contributed by atoms with Crippen LogP contribution in [0.2, 0.25) is 0 Å². The molecule has 3 fully saturated rings. The molecular weight excluding hydrogens is 486 g/mol. The number of benzene rings is 1. The predicted octanol–water partition coefficient (Wildman–Crippen LogP) is 3.06. The van der Waals surface area contributed by atoms with Gasteiger partial charge in [-0.05, 0) is 63.8 Å². The lowest BCUT2D eigenvalue weighted by atomic mass is 9.70. The fourth-order valence-corrected chi connectivity index (χ4v) is 6.73. The van der Waals surface area contributed by atoms with Crippen molar-refractivity contribution in [3.8, 4) is 0 Å². The van der Waals surface area contributed by atoms with Gasteiger partial charge in [0.25, 0.3) is 5.91 Å². The SMILES string of the molecule is C=CCN(C(=O)[C@H]1N(CCCCCCO)C(=O)[C@@H]2[C@@H](C(=O)O)[C@H]3CC[C@]21O3)c1ccc(N(CC)CC)cc1. The molecule has 1 spiro atoms. The number of likely N-dealkylation sites (tertiary alicyclic amines) is 1. The van der Waals surface area contributed by atoms with Gasteiger partial charge in [0.2, 0.25) is 5.91 Å². The van der Waals surface area contributed by atoms with E-state index in [0.717, 1.165) is 31.6 Å². The average Bonchev–Trinajstić information content (AvgIpc) is 3.55. The molecule has 0 unspecified atom stereocenters. The van der Waals surface area contributed by atoms with E-state index >= 15 is 0 Å². The zero-order valence-corrected chi connectivity index (χ0v) is 22.6. The Morgan fingerprint density at radius 1 is 1.13 bits per heavy atom. The Morgan fingerprint density at radius 2 is 1.79 bits per heavy atom. The molecule has 2 amide bonds. The Morgan fingerprint density at radius 3 is 2.39 bits per heavy atom.